The van der Waals surface area contributed by atoms with E-state index in [1.165, 1.54) is 11.8 Å². The molecule has 3 rings (SSSR count). The Labute approximate surface area is 145 Å². The molecule has 25 heavy (non-hydrogen) atoms. The summed E-state index contributed by atoms with van der Waals surface area (Å²) >= 11 is 0. The third-order valence-electron chi connectivity index (χ3n) is 4.16. The van der Waals surface area contributed by atoms with Crippen LogP contribution in [0.5, 0.6) is 0 Å². The maximum atomic E-state index is 12.2. The molecule has 1 heterocycles. The Balaban J connectivity index is 1.64. The number of carbonyl (C=O) groups is 3. The van der Waals surface area contributed by atoms with Crippen LogP contribution in [0.4, 0.5) is 11.4 Å². The molecule has 6 nitrogen and oxygen atoms in total. The van der Waals surface area contributed by atoms with Gasteiger partial charge >= 0.3 is 5.97 Å². The Hall–Kier alpha value is -3.15. The molecule has 2 aromatic rings. The third kappa shape index (κ3) is 3.52. The normalized spacial score (nSPS) is 15.3. The van der Waals surface area contributed by atoms with Crippen LogP contribution in [0.3, 0.4) is 0 Å². The summed E-state index contributed by atoms with van der Waals surface area (Å²) < 4.78 is 5.27. The number of esters is 1. The Morgan fingerprint density at radius 1 is 1.12 bits per heavy atom. The SMILES string of the molecule is CC(=O)N(C)c1ccc(NC(=O)C[C@@H]2OC(=O)c3ccccc32)cc1. The number of fused-ring (bicyclic) bond motifs is 1. The van der Waals surface area contributed by atoms with Crippen LogP contribution in [0, 0.1) is 0 Å². The topological polar surface area (TPSA) is 75.7 Å². The number of hydrogen-bond donors (Lipinski definition) is 1. The predicted molar refractivity (Wildman–Crippen MR) is 93.4 cm³/mol. The van der Waals surface area contributed by atoms with Gasteiger partial charge in [-0.05, 0) is 30.3 Å². The molecule has 0 aliphatic carbocycles. The first kappa shape index (κ1) is 16.7. The van der Waals surface area contributed by atoms with Gasteiger partial charge in [0.1, 0.15) is 6.10 Å². The molecule has 1 N–H and O–H groups in total. The van der Waals surface area contributed by atoms with Crippen LogP contribution < -0.4 is 10.2 Å². The molecule has 0 saturated heterocycles. The second kappa shape index (κ2) is 6.76. The molecule has 2 amide bonds. The van der Waals surface area contributed by atoms with Gasteiger partial charge in [0, 0.05) is 30.9 Å². The van der Waals surface area contributed by atoms with Gasteiger partial charge in [0.2, 0.25) is 11.8 Å². The van der Waals surface area contributed by atoms with Crippen molar-refractivity contribution < 1.29 is 19.1 Å². The summed E-state index contributed by atoms with van der Waals surface area (Å²) in [5.41, 5.74) is 2.60. The zero-order valence-corrected chi connectivity index (χ0v) is 14.0. The van der Waals surface area contributed by atoms with Gasteiger partial charge in [-0.15, -0.1) is 0 Å². The van der Waals surface area contributed by atoms with Gasteiger partial charge in [-0.1, -0.05) is 18.2 Å². The van der Waals surface area contributed by atoms with Gasteiger partial charge < -0.3 is 15.0 Å². The lowest BCUT2D eigenvalue weighted by Gasteiger charge is -2.15. The third-order valence-corrected chi connectivity index (χ3v) is 4.16. The summed E-state index contributed by atoms with van der Waals surface area (Å²) in [6, 6.07) is 14.0. The number of benzene rings is 2. The van der Waals surface area contributed by atoms with Crippen molar-refractivity contribution >= 4 is 29.2 Å². The van der Waals surface area contributed by atoms with E-state index in [0.29, 0.717) is 11.3 Å². The second-order valence-corrected chi connectivity index (χ2v) is 5.86. The molecule has 1 atom stereocenters. The summed E-state index contributed by atoms with van der Waals surface area (Å²) in [5.74, 6) is -0.717. The molecule has 128 valence electrons. The lowest BCUT2D eigenvalue weighted by Crippen LogP contribution is -2.22. The van der Waals surface area contributed by atoms with Gasteiger partial charge in [0.25, 0.3) is 0 Å². The molecule has 0 spiro atoms. The van der Waals surface area contributed by atoms with Crippen molar-refractivity contribution in [2.75, 3.05) is 17.3 Å². The van der Waals surface area contributed by atoms with Crippen molar-refractivity contribution in [3.8, 4) is 0 Å². The summed E-state index contributed by atoms with van der Waals surface area (Å²) in [6.45, 7) is 1.48. The minimum atomic E-state index is -0.563. The summed E-state index contributed by atoms with van der Waals surface area (Å²) in [6.07, 6.45) is -0.510. The largest absolute Gasteiger partial charge is 0.453 e. The van der Waals surface area contributed by atoms with Crippen molar-refractivity contribution in [1.82, 2.24) is 0 Å². The highest BCUT2D eigenvalue weighted by atomic mass is 16.5. The fraction of sp³-hybridized carbons (Fsp3) is 0.211. The molecule has 0 bridgehead atoms. The van der Waals surface area contributed by atoms with E-state index in [2.05, 4.69) is 5.32 Å². The summed E-state index contributed by atoms with van der Waals surface area (Å²) in [7, 11) is 1.68. The van der Waals surface area contributed by atoms with E-state index in [4.69, 9.17) is 4.74 Å². The molecular weight excluding hydrogens is 320 g/mol. The van der Waals surface area contributed by atoms with Crippen LogP contribution in [0.25, 0.3) is 0 Å². The Morgan fingerprint density at radius 2 is 1.80 bits per heavy atom. The maximum absolute atomic E-state index is 12.2. The molecule has 0 fully saturated rings. The monoisotopic (exact) mass is 338 g/mol. The van der Waals surface area contributed by atoms with Crippen molar-refractivity contribution in [2.45, 2.75) is 19.4 Å². The first-order valence-corrected chi connectivity index (χ1v) is 7.90. The molecule has 1 aliphatic rings. The Morgan fingerprint density at radius 3 is 2.48 bits per heavy atom. The number of ether oxygens (including phenoxy) is 1. The quantitative estimate of drug-likeness (QED) is 0.870. The number of nitrogens with zero attached hydrogens (tertiary/aromatic N) is 1. The van der Waals surface area contributed by atoms with Crippen molar-refractivity contribution in [2.24, 2.45) is 0 Å². The van der Waals surface area contributed by atoms with Crippen LogP contribution in [0.15, 0.2) is 48.5 Å². The zero-order chi connectivity index (χ0) is 18.0. The Bertz CT molecular complexity index is 830. The number of cyclic esters (lactones) is 1. The molecule has 0 aromatic heterocycles. The van der Waals surface area contributed by atoms with Crippen molar-refractivity contribution in [3.63, 3.8) is 0 Å². The van der Waals surface area contributed by atoms with E-state index in [9.17, 15) is 14.4 Å². The van der Waals surface area contributed by atoms with Gasteiger partial charge in [-0.3, -0.25) is 9.59 Å². The van der Waals surface area contributed by atoms with Crippen LogP contribution >= 0.6 is 0 Å². The summed E-state index contributed by atoms with van der Waals surface area (Å²) in [5, 5.41) is 2.78. The molecule has 0 saturated carbocycles. The molecule has 2 aromatic carbocycles. The van der Waals surface area contributed by atoms with Gasteiger partial charge in [-0.25, -0.2) is 4.79 Å². The fourth-order valence-electron chi connectivity index (χ4n) is 2.70. The van der Waals surface area contributed by atoms with E-state index in [-0.39, 0.29) is 18.2 Å². The Kier molecular flexibility index (Phi) is 4.52. The minimum Gasteiger partial charge on any atom is -0.453 e. The molecule has 1 aliphatic heterocycles. The van der Waals surface area contributed by atoms with E-state index in [1.807, 2.05) is 6.07 Å². The number of amides is 2. The average molecular weight is 338 g/mol. The van der Waals surface area contributed by atoms with Crippen molar-refractivity contribution in [1.29, 1.82) is 0 Å². The van der Waals surface area contributed by atoms with E-state index in [1.54, 1.807) is 49.5 Å². The molecule has 0 unspecified atom stereocenters. The van der Waals surface area contributed by atoms with Gasteiger partial charge in [0.15, 0.2) is 0 Å². The molecule has 0 radical (unpaired) electrons. The van der Waals surface area contributed by atoms with Crippen LogP contribution in [-0.2, 0) is 14.3 Å². The van der Waals surface area contributed by atoms with Gasteiger partial charge in [0.05, 0.1) is 12.0 Å². The smallest absolute Gasteiger partial charge is 0.339 e. The first-order chi connectivity index (χ1) is 12.0. The molecule has 6 heteroatoms. The molecular formula is C19H18N2O4. The average Bonchev–Trinajstić information content (AvgIpc) is 2.91. The van der Waals surface area contributed by atoms with E-state index >= 15 is 0 Å². The number of carbonyl (C=O) groups excluding carboxylic acids is 3. The van der Waals surface area contributed by atoms with Crippen molar-refractivity contribution in [3.05, 3.63) is 59.7 Å². The van der Waals surface area contributed by atoms with E-state index < -0.39 is 12.1 Å². The van der Waals surface area contributed by atoms with Crippen LogP contribution in [-0.4, -0.2) is 24.8 Å². The highest BCUT2D eigenvalue weighted by molar-refractivity contribution is 5.96. The number of anilines is 2. The number of rotatable bonds is 4. The maximum Gasteiger partial charge on any atom is 0.339 e. The van der Waals surface area contributed by atoms with Crippen LogP contribution in [0.2, 0.25) is 0 Å². The highest BCUT2D eigenvalue weighted by Gasteiger charge is 2.31. The fourth-order valence-corrected chi connectivity index (χ4v) is 2.70. The van der Waals surface area contributed by atoms with Gasteiger partial charge in [-0.2, -0.15) is 0 Å². The standard InChI is InChI=1S/C19H18N2O4/c1-12(22)21(2)14-9-7-13(8-10-14)20-18(23)11-17-15-5-3-4-6-16(15)19(24)25-17/h3-10,17H,11H2,1-2H3,(H,20,23)/t17-/m0/s1. The van der Waals surface area contributed by atoms with E-state index in [0.717, 1.165) is 11.3 Å². The first-order valence-electron chi connectivity index (χ1n) is 7.90. The highest BCUT2D eigenvalue weighted by Crippen LogP contribution is 2.33. The predicted octanol–water partition coefficient (Wildman–Crippen LogP) is 2.91. The number of hydrogen-bond acceptors (Lipinski definition) is 4. The van der Waals surface area contributed by atoms with Crippen LogP contribution in [0.1, 0.15) is 35.4 Å². The second-order valence-electron chi connectivity index (χ2n) is 5.86. The number of nitrogens with one attached hydrogen (secondary N) is 1. The minimum absolute atomic E-state index is 0.0534. The zero-order valence-electron chi connectivity index (χ0n) is 14.0. The summed E-state index contributed by atoms with van der Waals surface area (Å²) in [4.78, 5) is 36.9. The lowest BCUT2D eigenvalue weighted by atomic mass is 10.0. The lowest BCUT2D eigenvalue weighted by molar-refractivity contribution is -0.118.